The number of thiophene rings is 1. The van der Waals surface area contributed by atoms with Crippen molar-refractivity contribution < 1.29 is 9.59 Å². The van der Waals surface area contributed by atoms with Gasteiger partial charge in [-0.05, 0) is 17.0 Å². The molecule has 0 spiro atoms. The van der Waals surface area contributed by atoms with Crippen molar-refractivity contribution >= 4 is 39.8 Å². The maximum absolute atomic E-state index is 12.6. The first-order chi connectivity index (χ1) is 11.7. The molecule has 0 radical (unpaired) electrons. The van der Waals surface area contributed by atoms with Gasteiger partial charge in [0.2, 0.25) is 0 Å². The standard InChI is InChI=1S/C18H14N2O2S2/c19-10-14(18-20-17(22)11-24-18)13(12-5-2-1-3-6-12)9-15(21)16-7-4-8-23-16/h1-8,13-14H,9,11H2/t13-,14+/m0/s1. The van der Waals surface area contributed by atoms with Gasteiger partial charge in [0.15, 0.2) is 5.78 Å². The van der Waals surface area contributed by atoms with E-state index in [1.165, 1.54) is 23.1 Å². The Hall–Kier alpha value is -2.23. The number of carbonyl (C=O) groups is 2. The number of aliphatic imine (C=N–C) groups is 1. The summed E-state index contributed by atoms with van der Waals surface area (Å²) in [6, 6.07) is 15.4. The summed E-state index contributed by atoms with van der Waals surface area (Å²) in [5.41, 5.74) is 0.914. The topological polar surface area (TPSA) is 70.3 Å². The van der Waals surface area contributed by atoms with Crippen LogP contribution in [0.25, 0.3) is 0 Å². The Balaban J connectivity index is 1.93. The van der Waals surface area contributed by atoms with Gasteiger partial charge in [-0.1, -0.05) is 48.2 Å². The molecule has 3 rings (SSSR count). The van der Waals surface area contributed by atoms with Crippen LogP contribution in [0.3, 0.4) is 0 Å². The SMILES string of the molecule is N#C[C@@H](C1=NC(=O)CS1)[C@@H](CC(=O)c1cccs1)c1ccccc1. The van der Waals surface area contributed by atoms with Gasteiger partial charge in [-0.15, -0.1) is 11.3 Å². The third-order valence-electron chi connectivity index (χ3n) is 3.81. The van der Waals surface area contributed by atoms with E-state index in [2.05, 4.69) is 11.1 Å². The number of hydrogen-bond donors (Lipinski definition) is 0. The quantitative estimate of drug-likeness (QED) is 0.737. The molecule has 0 saturated heterocycles. The number of hydrogen-bond acceptors (Lipinski definition) is 5. The normalized spacial score (nSPS) is 16.3. The van der Waals surface area contributed by atoms with E-state index in [0.29, 0.717) is 9.92 Å². The van der Waals surface area contributed by atoms with E-state index in [1.54, 1.807) is 6.07 Å². The molecule has 0 saturated carbocycles. The zero-order valence-corrected chi connectivity index (χ0v) is 14.3. The number of Topliss-reactive ketones (excluding diaryl/α,β-unsaturated/α-hetero) is 1. The lowest BCUT2D eigenvalue weighted by molar-refractivity contribution is -0.115. The first-order valence-corrected chi connectivity index (χ1v) is 9.31. The molecule has 1 aromatic heterocycles. The predicted octanol–water partition coefficient (Wildman–Crippen LogP) is 3.92. The third kappa shape index (κ3) is 3.64. The number of carbonyl (C=O) groups excluding carboxylic acids is 2. The number of nitriles is 1. The Morgan fingerprint density at radius 3 is 2.62 bits per heavy atom. The molecule has 0 aliphatic carbocycles. The summed E-state index contributed by atoms with van der Waals surface area (Å²) in [6.45, 7) is 0. The summed E-state index contributed by atoms with van der Waals surface area (Å²) in [7, 11) is 0. The highest BCUT2D eigenvalue weighted by Gasteiger charge is 2.33. The second kappa shape index (κ2) is 7.56. The van der Waals surface area contributed by atoms with Gasteiger partial charge in [-0.25, -0.2) is 4.99 Å². The maximum Gasteiger partial charge on any atom is 0.256 e. The minimum absolute atomic E-state index is 0.00836. The van der Waals surface area contributed by atoms with Crippen LogP contribution in [0.5, 0.6) is 0 Å². The molecule has 1 aromatic carbocycles. The fraction of sp³-hybridized carbons (Fsp3) is 0.222. The molecule has 1 aliphatic heterocycles. The highest BCUT2D eigenvalue weighted by atomic mass is 32.2. The molecule has 0 unspecified atom stereocenters. The van der Waals surface area contributed by atoms with E-state index < -0.39 is 5.92 Å². The average Bonchev–Trinajstić information content (AvgIpc) is 3.27. The van der Waals surface area contributed by atoms with E-state index >= 15 is 0 Å². The van der Waals surface area contributed by atoms with Crippen molar-refractivity contribution in [2.24, 2.45) is 10.9 Å². The van der Waals surface area contributed by atoms with Crippen LogP contribution in [-0.2, 0) is 4.79 Å². The molecule has 0 N–H and O–H groups in total. The van der Waals surface area contributed by atoms with Crippen molar-refractivity contribution in [3.05, 3.63) is 58.3 Å². The largest absolute Gasteiger partial charge is 0.293 e. The molecular formula is C18H14N2O2S2. The van der Waals surface area contributed by atoms with E-state index in [4.69, 9.17) is 0 Å². The van der Waals surface area contributed by atoms with Crippen molar-refractivity contribution in [2.75, 3.05) is 5.75 Å². The summed E-state index contributed by atoms with van der Waals surface area (Å²) in [4.78, 5) is 28.7. The second-order valence-corrected chi connectivity index (χ2v) is 7.30. The predicted molar refractivity (Wildman–Crippen MR) is 96.5 cm³/mol. The van der Waals surface area contributed by atoms with Crippen molar-refractivity contribution in [1.29, 1.82) is 5.26 Å². The van der Waals surface area contributed by atoms with E-state index in [-0.39, 0.29) is 29.8 Å². The van der Waals surface area contributed by atoms with Crippen molar-refractivity contribution in [1.82, 2.24) is 0 Å². The minimum Gasteiger partial charge on any atom is -0.293 e. The Labute approximate surface area is 148 Å². The maximum atomic E-state index is 12.6. The number of benzene rings is 1. The molecule has 2 heterocycles. The van der Waals surface area contributed by atoms with Gasteiger partial charge in [0.1, 0.15) is 5.92 Å². The smallest absolute Gasteiger partial charge is 0.256 e. The van der Waals surface area contributed by atoms with Crippen LogP contribution in [0.15, 0.2) is 52.8 Å². The van der Waals surface area contributed by atoms with Gasteiger partial charge in [-0.2, -0.15) is 5.26 Å². The molecule has 24 heavy (non-hydrogen) atoms. The lowest BCUT2D eigenvalue weighted by atomic mass is 9.83. The lowest BCUT2D eigenvalue weighted by Crippen LogP contribution is -2.21. The first-order valence-electron chi connectivity index (χ1n) is 7.44. The number of amides is 1. The van der Waals surface area contributed by atoms with Gasteiger partial charge in [0.25, 0.3) is 5.91 Å². The van der Waals surface area contributed by atoms with Gasteiger partial charge >= 0.3 is 0 Å². The van der Waals surface area contributed by atoms with Crippen LogP contribution in [-0.4, -0.2) is 22.5 Å². The van der Waals surface area contributed by atoms with Crippen LogP contribution >= 0.6 is 23.1 Å². The lowest BCUT2D eigenvalue weighted by Gasteiger charge is -2.21. The molecule has 2 aromatic rings. The molecule has 2 atom stereocenters. The minimum atomic E-state index is -0.590. The van der Waals surface area contributed by atoms with Crippen LogP contribution < -0.4 is 0 Å². The number of rotatable bonds is 6. The number of ketones is 1. The zero-order valence-electron chi connectivity index (χ0n) is 12.7. The van der Waals surface area contributed by atoms with Gasteiger partial charge in [0.05, 0.1) is 21.7 Å². The molecule has 120 valence electrons. The Kier molecular flexibility index (Phi) is 5.24. The average molecular weight is 354 g/mol. The fourth-order valence-corrected chi connectivity index (χ4v) is 4.24. The monoisotopic (exact) mass is 354 g/mol. The summed E-state index contributed by atoms with van der Waals surface area (Å²) in [5, 5.41) is 12.1. The van der Waals surface area contributed by atoms with E-state index in [9.17, 15) is 14.9 Å². The molecule has 0 fully saturated rings. The summed E-state index contributed by atoms with van der Waals surface area (Å²) < 4.78 is 0. The van der Waals surface area contributed by atoms with Crippen LogP contribution in [0.2, 0.25) is 0 Å². The van der Waals surface area contributed by atoms with Crippen LogP contribution in [0.4, 0.5) is 0 Å². The number of nitrogens with zero attached hydrogens (tertiary/aromatic N) is 2. The first kappa shape index (κ1) is 16.6. The molecule has 4 nitrogen and oxygen atoms in total. The second-order valence-electron chi connectivity index (χ2n) is 5.36. The van der Waals surface area contributed by atoms with Crippen LogP contribution in [0.1, 0.15) is 27.6 Å². The molecule has 1 amide bonds. The molecule has 0 bridgehead atoms. The Morgan fingerprint density at radius 1 is 1.25 bits per heavy atom. The summed E-state index contributed by atoms with van der Waals surface area (Å²) >= 11 is 2.70. The number of thioether (sulfide) groups is 1. The van der Waals surface area contributed by atoms with Gasteiger partial charge in [-0.3, -0.25) is 9.59 Å². The van der Waals surface area contributed by atoms with Crippen molar-refractivity contribution in [2.45, 2.75) is 12.3 Å². The van der Waals surface area contributed by atoms with Crippen molar-refractivity contribution in [3.8, 4) is 6.07 Å². The zero-order chi connectivity index (χ0) is 16.9. The molecule has 1 aliphatic rings. The summed E-state index contributed by atoms with van der Waals surface area (Å²) in [6.07, 6.45) is 0.219. The van der Waals surface area contributed by atoms with Gasteiger partial charge in [0, 0.05) is 12.3 Å². The highest BCUT2D eigenvalue weighted by molar-refractivity contribution is 8.15. The highest BCUT2D eigenvalue weighted by Crippen LogP contribution is 2.35. The van der Waals surface area contributed by atoms with E-state index in [0.717, 1.165) is 5.56 Å². The van der Waals surface area contributed by atoms with Gasteiger partial charge < -0.3 is 0 Å². The fourth-order valence-electron chi connectivity index (χ4n) is 2.67. The third-order valence-corrected chi connectivity index (χ3v) is 5.76. The van der Waals surface area contributed by atoms with E-state index in [1.807, 2.05) is 41.8 Å². The summed E-state index contributed by atoms with van der Waals surface area (Å²) in [5.74, 6) is -0.843. The molecule has 6 heteroatoms. The van der Waals surface area contributed by atoms with Crippen molar-refractivity contribution in [3.63, 3.8) is 0 Å². The van der Waals surface area contributed by atoms with Crippen LogP contribution in [0, 0.1) is 17.2 Å². The Morgan fingerprint density at radius 2 is 2.04 bits per heavy atom. The molecular weight excluding hydrogens is 340 g/mol. The Bertz CT molecular complexity index is 807.